The second-order valence-electron chi connectivity index (χ2n) is 4.41. The monoisotopic (exact) mass is 266 g/mol. The van der Waals surface area contributed by atoms with Gasteiger partial charge in [0.1, 0.15) is 0 Å². The van der Waals surface area contributed by atoms with Gasteiger partial charge in [-0.15, -0.1) is 0 Å². The largest absolute Gasteiger partial charge is 0.478 e. The van der Waals surface area contributed by atoms with E-state index in [2.05, 4.69) is 0 Å². The first-order valence-corrected chi connectivity index (χ1v) is 6.07. The van der Waals surface area contributed by atoms with Crippen LogP contribution in [0.15, 0.2) is 24.3 Å². The molecule has 1 aromatic carbocycles. The first-order chi connectivity index (χ1) is 9.16. The van der Waals surface area contributed by atoms with Crippen LogP contribution in [-0.4, -0.2) is 24.5 Å². The number of para-hydroxylation sites is 1. The van der Waals surface area contributed by atoms with Crippen LogP contribution >= 0.6 is 0 Å². The van der Waals surface area contributed by atoms with Crippen LogP contribution in [0.5, 0.6) is 5.75 Å². The van der Waals surface area contributed by atoms with Crippen molar-refractivity contribution in [2.45, 2.75) is 12.8 Å². The average molecular weight is 266 g/mol. The molecule has 1 fully saturated rings. The standard InChI is InChI=1S/C14H15FO4/c15-12-3-1-2-11(6-7-13(16)17)14(12)19-9-18-8-10-4-5-10/h1-3,6-7,10H,4-5,8-9H2,(H,16,17)/b7-6+. The number of hydrogen-bond donors (Lipinski definition) is 1. The maximum Gasteiger partial charge on any atom is 0.328 e. The van der Waals surface area contributed by atoms with Crippen molar-refractivity contribution in [2.75, 3.05) is 13.4 Å². The molecule has 1 N–H and O–H groups in total. The molecule has 0 aromatic heterocycles. The van der Waals surface area contributed by atoms with Crippen LogP contribution in [0.25, 0.3) is 6.08 Å². The molecule has 0 saturated heterocycles. The van der Waals surface area contributed by atoms with Crippen LogP contribution in [0.2, 0.25) is 0 Å². The van der Waals surface area contributed by atoms with Gasteiger partial charge in [0.25, 0.3) is 0 Å². The molecule has 0 unspecified atom stereocenters. The lowest BCUT2D eigenvalue weighted by Gasteiger charge is -2.10. The number of halogens is 1. The summed E-state index contributed by atoms with van der Waals surface area (Å²) in [6.07, 6.45) is 4.58. The van der Waals surface area contributed by atoms with Crippen molar-refractivity contribution >= 4 is 12.0 Å². The zero-order valence-corrected chi connectivity index (χ0v) is 10.3. The summed E-state index contributed by atoms with van der Waals surface area (Å²) in [7, 11) is 0. The molecule has 5 heteroatoms. The van der Waals surface area contributed by atoms with Crippen LogP contribution < -0.4 is 4.74 Å². The van der Waals surface area contributed by atoms with Gasteiger partial charge in [-0.1, -0.05) is 12.1 Å². The summed E-state index contributed by atoms with van der Waals surface area (Å²) in [5, 5.41) is 8.57. The van der Waals surface area contributed by atoms with Gasteiger partial charge >= 0.3 is 5.97 Å². The predicted molar refractivity (Wildman–Crippen MR) is 67.2 cm³/mol. The van der Waals surface area contributed by atoms with Gasteiger partial charge in [0.2, 0.25) is 0 Å². The van der Waals surface area contributed by atoms with E-state index < -0.39 is 11.8 Å². The van der Waals surface area contributed by atoms with E-state index in [9.17, 15) is 9.18 Å². The van der Waals surface area contributed by atoms with Crippen molar-refractivity contribution in [2.24, 2.45) is 5.92 Å². The number of ether oxygens (including phenoxy) is 2. The lowest BCUT2D eigenvalue weighted by atomic mass is 10.2. The quantitative estimate of drug-likeness (QED) is 0.468. The van der Waals surface area contributed by atoms with Gasteiger partial charge in [-0.3, -0.25) is 0 Å². The molecule has 0 heterocycles. The van der Waals surface area contributed by atoms with E-state index in [0.717, 1.165) is 6.08 Å². The number of benzene rings is 1. The second kappa shape index (κ2) is 6.33. The van der Waals surface area contributed by atoms with E-state index in [4.69, 9.17) is 14.6 Å². The highest BCUT2D eigenvalue weighted by atomic mass is 19.1. The Kier molecular flexibility index (Phi) is 4.52. The van der Waals surface area contributed by atoms with E-state index in [-0.39, 0.29) is 12.5 Å². The smallest absolute Gasteiger partial charge is 0.328 e. The minimum Gasteiger partial charge on any atom is -0.478 e. The number of hydrogen-bond acceptors (Lipinski definition) is 3. The molecular weight excluding hydrogens is 251 g/mol. The van der Waals surface area contributed by atoms with Gasteiger partial charge < -0.3 is 14.6 Å². The Labute approximate surface area is 110 Å². The number of carbonyl (C=O) groups is 1. The third-order valence-corrected chi connectivity index (χ3v) is 2.74. The van der Waals surface area contributed by atoms with Crippen molar-refractivity contribution in [3.8, 4) is 5.75 Å². The molecule has 0 spiro atoms. The van der Waals surface area contributed by atoms with Crippen LogP contribution in [0.1, 0.15) is 18.4 Å². The maximum atomic E-state index is 13.6. The normalized spacial score (nSPS) is 14.8. The minimum absolute atomic E-state index is 0.01000. The summed E-state index contributed by atoms with van der Waals surface area (Å²) in [6, 6.07) is 4.34. The third-order valence-electron chi connectivity index (χ3n) is 2.74. The lowest BCUT2D eigenvalue weighted by Crippen LogP contribution is -2.07. The SMILES string of the molecule is O=C(O)/C=C/c1cccc(F)c1OCOCC1CC1. The first kappa shape index (κ1) is 13.5. The number of carboxylic acids is 1. The minimum atomic E-state index is -1.10. The van der Waals surface area contributed by atoms with Gasteiger partial charge in [0.05, 0.1) is 6.61 Å². The molecule has 0 amide bonds. The molecule has 0 radical (unpaired) electrons. The molecule has 1 aliphatic rings. The van der Waals surface area contributed by atoms with Crippen molar-refractivity contribution in [3.05, 3.63) is 35.7 Å². The summed E-state index contributed by atoms with van der Waals surface area (Å²) in [5.74, 6) is -1.02. The zero-order chi connectivity index (χ0) is 13.7. The summed E-state index contributed by atoms with van der Waals surface area (Å²) in [4.78, 5) is 10.5. The third kappa shape index (κ3) is 4.37. The molecule has 4 nitrogen and oxygen atoms in total. The van der Waals surface area contributed by atoms with E-state index >= 15 is 0 Å². The Balaban J connectivity index is 1.97. The summed E-state index contributed by atoms with van der Waals surface area (Å²) < 4.78 is 24.1. The highest BCUT2D eigenvalue weighted by molar-refractivity contribution is 5.85. The topological polar surface area (TPSA) is 55.8 Å². The number of aliphatic carboxylic acids is 1. The Morgan fingerprint density at radius 1 is 1.47 bits per heavy atom. The van der Waals surface area contributed by atoms with Gasteiger partial charge in [0, 0.05) is 11.6 Å². The summed E-state index contributed by atoms with van der Waals surface area (Å²) >= 11 is 0. The van der Waals surface area contributed by atoms with Crippen molar-refractivity contribution in [3.63, 3.8) is 0 Å². The lowest BCUT2D eigenvalue weighted by molar-refractivity contribution is -0.131. The molecular formula is C14H15FO4. The van der Waals surface area contributed by atoms with Crippen LogP contribution in [0.4, 0.5) is 4.39 Å². The molecule has 102 valence electrons. The Morgan fingerprint density at radius 3 is 2.95 bits per heavy atom. The fourth-order valence-corrected chi connectivity index (χ4v) is 1.57. The van der Waals surface area contributed by atoms with Crippen LogP contribution in [0.3, 0.4) is 0 Å². The molecule has 0 aliphatic heterocycles. The number of carboxylic acid groups (broad SMARTS) is 1. The van der Waals surface area contributed by atoms with Crippen LogP contribution in [0, 0.1) is 11.7 Å². The highest BCUT2D eigenvalue weighted by Crippen LogP contribution is 2.29. The molecule has 1 aromatic rings. The van der Waals surface area contributed by atoms with Gasteiger partial charge in [-0.05, 0) is 30.9 Å². The zero-order valence-electron chi connectivity index (χ0n) is 10.3. The van der Waals surface area contributed by atoms with Gasteiger partial charge in [-0.25, -0.2) is 9.18 Å². The van der Waals surface area contributed by atoms with Crippen molar-refractivity contribution < 1.29 is 23.8 Å². The number of rotatable bonds is 7. The van der Waals surface area contributed by atoms with Crippen molar-refractivity contribution in [1.82, 2.24) is 0 Å². The van der Waals surface area contributed by atoms with Gasteiger partial charge in [-0.2, -0.15) is 0 Å². The molecule has 2 rings (SSSR count). The first-order valence-electron chi connectivity index (χ1n) is 6.07. The summed E-state index contributed by atoms with van der Waals surface area (Å²) in [5.41, 5.74) is 0.373. The molecule has 1 saturated carbocycles. The molecule has 19 heavy (non-hydrogen) atoms. The Hall–Kier alpha value is -1.88. The summed E-state index contributed by atoms with van der Waals surface area (Å²) in [6.45, 7) is 0.583. The Bertz CT molecular complexity index is 480. The Morgan fingerprint density at radius 2 is 2.26 bits per heavy atom. The van der Waals surface area contributed by atoms with E-state index in [1.165, 1.54) is 31.1 Å². The molecule has 0 atom stereocenters. The molecule has 0 bridgehead atoms. The van der Waals surface area contributed by atoms with E-state index in [1.807, 2.05) is 0 Å². The fraction of sp³-hybridized carbons (Fsp3) is 0.357. The average Bonchev–Trinajstić information content (AvgIpc) is 3.18. The highest BCUT2D eigenvalue weighted by Gasteiger charge is 2.21. The van der Waals surface area contributed by atoms with Crippen LogP contribution in [-0.2, 0) is 9.53 Å². The van der Waals surface area contributed by atoms with E-state index in [1.54, 1.807) is 6.07 Å². The van der Waals surface area contributed by atoms with Gasteiger partial charge in [0.15, 0.2) is 18.4 Å². The predicted octanol–water partition coefficient (Wildman–Crippen LogP) is 2.69. The van der Waals surface area contributed by atoms with E-state index in [0.29, 0.717) is 18.1 Å². The second-order valence-corrected chi connectivity index (χ2v) is 4.41. The molecule has 1 aliphatic carbocycles. The fourth-order valence-electron chi connectivity index (χ4n) is 1.57. The maximum absolute atomic E-state index is 13.6. The van der Waals surface area contributed by atoms with Crippen molar-refractivity contribution in [1.29, 1.82) is 0 Å².